The molecular formula is C9H8ClF3N2O3. The van der Waals surface area contributed by atoms with E-state index in [1.807, 2.05) is 0 Å². The Morgan fingerprint density at radius 3 is 2.67 bits per heavy atom. The van der Waals surface area contributed by atoms with Gasteiger partial charge < -0.3 is 15.5 Å². The first-order valence-electron chi connectivity index (χ1n) is 4.59. The Kier molecular flexibility index (Phi) is 4.36. The van der Waals surface area contributed by atoms with Crippen LogP contribution in [0.3, 0.4) is 0 Å². The lowest BCUT2D eigenvalue weighted by Gasteiger charge is -2.15. The van der Waals surface area contributed by atoms with Crippen LogP contribution in [-0.4, -0.2) is 40.0 Å². The first kappa shape index (κ1) is 14.5. The predicted molar refractivity (Wildman–Crippen MR) is 56.8 cm³/mol. The number of hydrogen-bond donors (Lipinski definition) is 3. The van der Waals surface area contributed by atoms with Gasteiger partial charge in [0.15, 0.2) is 6.10 Å². The van der Waals surface area contributed by atoms with Crippen molar-refractivity contribution >= 4 is 23.4 Å². The van der Waals surface area contributed by atoms with Gasteiger partial charge in [-0.15, -0.1) is 0 Å². The molecule has 0 bridgehead atoms. The van der Waals surface area contributed by atoms with E-state index in [0.29, 0.717) is 0 Å². The number of alkyl halides is 3. The maximum Gasteiger partial charge on any atom is 0.416 e. The fourth-order valence-corrected chi connectivity index (χ4v) is 1.20. The molecule has 5 nitrogen and oxygen atoms in total. The number of nitrogens with zero attached hydrogens (tertiary/aromatic N) is 1. The first-order chi connectivity index (χ1) is 8.21. The Hall–Kier alpha value is -1.54. The number of anilines is 1. The fraction of sp³-hybridized carbons (Fsp3) is 0.333. The molecule has 0 fully saturated rings. The van der Waals surface area contributed by atoms with Crippen molar-refractivity contribution < 1.29 is 28.2 Å². The molecule has 0 aliphatic rings. The van der Waals surface area contributed by atoms with Crippen molar-refractivity contribution in [3.05, 3.63) is 22.8 Å². The smallest absolute Gasteiger partial charge is 0.416 e. The molecule has 1 aromatic rings. The van der Waals surface area contributed by atoms with Crippen LogP contribution in [0.2, 0.25) is 5.02 Å². The van der Waals surface area contributed by atoms with Gasteiger partial charge in [-0.1, -0.05) is 11.6 Å². The molecule has 1 heterocycles. The lowest BCUT2D eigenvalue weighted by Crippen LogP contribution is -2.35. The molecule has 100 valence electrons. The Morgan fingerprint density at radius 1 is 1.56 bits per heavy atom. The Labute approximate surface area is 104 Å². The molecule has 1 aromatic heterocycles. The summed E-state index contributed by atoms with van der Waals surface area (Å²) < 4.78 is 36.0. The summed E-state index contributed by atoms with van der Waals surface area (Å²) in [5.74, 6) is -1.46. The first-order valence-corrected chi connectivity index (χ1v) is 4.97. The van der Waals surface area contributed by atoms with Gasteiger partial charge in [-0.25, -0.2) is 9.78 Å². The summed E-state index contributed by atoms with van der Waals surface area (Å²) in [5.41, 5.74) is -0.296. The van der Waals surface area contributed by atoms with E-state index in [0.717, 1.165) is 12.3 Å². The van der Waals surface area contributed by atoms with Crippen molar-refractivity contribution in [1.29, 1.82) is 0 Å². The van der Waals surface area contributed by atoms with Crippen LogP contribution in [0.25, 0.3) is 0 Å². The third kappa shape index (κ3) is 3.74. The molecule has 3 N–H and O–H groups in total. The molecule has 18 heavy (non-hydrogen) atoms. The maximum absolute atomic E-state index is 12.0. The summed E-state index contributed by atoms with van der Waals surface area (Å²) >= 11 is 5.53. The third-order valence-corrected chi connectivity index (χ3v) is 2.24. The molecule has 0 aromatic carbocycles. The van der Waals surface area contributed by atoms with Crippen LogP contribution in [0, 0.1) is 0 Å². The van der Waals surface area contributed by atoms with Crippen LogP contribution in [0.1, 0.15) is 10.4 Å². The lowest BCUT2D eigenvalue weighted by atomic mass is 10.2. The van der Waals surface area contributed by atoms with Crippen LogP contribution in [0.5, 0.6) is 0 Å². The predicted octanol–water partition coefficient (Wildman–Crippen LogP) is 1.77. The number of aromatic carboxylic acids is 1. The molecule has 0 saturated carbocycles. The molecule has 0 radical (unpaired) electrons. The largest absolute Gasteiger partial charge is 0.478 e. The van der Waals surface area contributed by atoms with Gasteiger partial charge in [0.25, 0.3) is 0 Å². The topological polar surface area (TPSA) is 82.5 Å². The van der Waals surface area contributed by atoms with E-state index in [4.69, 9.17) is 21.8 Å². The Morgan fingerprint density at radius 2 is 2.17 bits per heavy atom. The average molecular weight is 285 g/mol. The van der Waals surface area contributed by atoms with Crippen LogP contribution in [0.15, 0.2) is 12.3 Å². The Balaban J connectivity index is 2.75. The van der Waals surface area contributed by atoms with Crippen molar-refractivity contribution in [1.82, 2.24) is 4.98 Å². The summed E-state index contributed by atoms with van der Waals surface area (Å²) in [6.07, 6.45) is -6.33. The number of hydrogen-bond acceptors (Lipinski definition) is 4. The Bertz CT molecular complexity index is 453. The van der Waals surface area contributed by atoms with Gasteiger partial charge in [-0.2, -0.15) is 13.2 Å². The zero-order chi connectivity index (χ0) is 13.9. The second kappa shape index (κ2) is 5.40. The molecule has 1 atom stereocenters. The SMILES string of the molecule is O=C(O)c1cc(NCC(O)C(F)(F)F)ncc1Cl. The van der Waals surface area contributed by atoms with E-state index in [1.54, 1.807) is 0 Å². The van der Waals surface area contributed by atoms with Crippen molar-refractivity contribution in [2.75, 3.05) is 11.9 Å². The second-order valence-corrected chi connectivity index (χ2v) is 3.70. The highest BCUT2D eigenvalue weighted by atomic mass is 35.5. The minimum Gasteiger partial charge on any atom is -0.478 e. The quantitative estimate of drug-likeness (QED) is 0.785. The lowest BCUT2D eigenvalue weighted by molar-refractivity contribution is -0.198. The molecule has 1 unspecified atom stereocenters. The molecule has 1 rings (SSSR count). The van der Waals surface area contributed by atoms with Gasteiger partial charge in [0.05, 0.1) is 17.1 Å². The minimum absolute atomic E-state index is 0.125. The van der Waals surface area contributed by atoms with Gasteiger partial charge in [-0.05, 0) is 6.07 Å². The molecular weight excluding hydrogens is 277 g/mol. The zero-order valence-corrected chi connectivity index (χ0v) is 9.46. The maximum atomic E-state index is 12.0. The summed E-state index contributed by atoms with van der Waals surface area (Å²) in [6.45, 7) is -0.836. The number of aromatic nitrogens is 1. The molecule has 0 aliphatic heterocycles. The van der Waals surface area contributed by atoms with E-state index in [-0.39, 0.29) is 16.4 Å². The standard InChI is InChI=1S/C9H8ClF3N2O3/c10-5-2-14-7(1-4(5)8(17)18)15-3-6(16)9(11,12)13/h1-2,6,16H,3H2,(H,14,15)(H,17,18). The second-order valence-electron chi connectivity index (χ2n) is 3.29. The fourth-order valence-electron chi connectivity index (χ4n) is 1.02. The number of carboxylic acids is 1. The van der Waals surface area contributed by atoms with E-state index >= 15 is 0 Å². The van der Waals surface area contributed by atoms with Gasteiger partial charge in [0, 0.05) is 6.20 Å². The van der Waals surface area contributed by atoms with E-state index in [2.05, 4.69) is 10.3 Å². The van der Waals surface area contributed by atoms with Crippen molar-refractivity contribution in [3.63, 3.8) is 0 Å². The van der Waals surface area contributed by atoms with Gasteiger partial charge in [0.1, 0.15) is 5.82 Å². The van der Waals surface area contributed by atoms with Crippen molar-refractivity contribution in [2.24, 2.45) is 0 Å². The number of aliphatic hydroxyl groups is 1. The van der Waals surface area contributed by atoms with Crippen LogP contribution in [-0.2, 0) is 0 Å². The minimum atomic E-state index is -4.75. The number of carboxylic acid groups (broad SMARTS) is 1. The zero-order valence-electron chi connectivity index (χ0n) is 8.70. The van der Waals surface area contributed by atoms with Gasteiger partial charge >= 0.3 is 12.1 Å². The monoisotopic (exact) mass is 284 g/mol. The summed E-state index contributed by atoms with van der Waals surface area (Å²) in [6, 6.07) is 0.980. The van der Waals surface area contributed by atoms with Gasteiger partial charge in [-0.3, -0.25) is 0 Å². The van der Waals surface area contributed by atoms with Crippen LogP contribution >= 0.6 is 11.6 Å². The average Bonchev–Trinajstić information content (AvgIpc) is 2.25. The normalized spacial score (nSPS) is 13.2. The highest BCUT2D eigenvalue weighted by molar-refractivity contribution is 6.33. The van der Waals surface area contributed by atoms with E-state index in [1.165, 1.54) is 0 Å². The van der Waals surface area contributed by atoms with Crippen molar-refractivity contribution in [3.8, 4) is 0 Å². The molecule has 0 saturated heterocycles. The highest BCUT2D eigenvalue weighted by Gasteiger charge is 2.37. The third-order valence-electron chi connectivity index (χ3n) is 1.94. The van der Waals surface area contributed by atoms with Crippen LogP contribution in [0.4, 0.5) is 19.0 Å². The number of rotatable bonds is 4. The summed E-state index contributed by atoms with van der Waals surface area (Å²) in [4.78, 5) is 14.3. The number of carbonyl (C=O) groups is 1. The number of nitrogens with one attached hydrogen (secondary N) is 1. The molecule has 0 aliphatic carbocycles. The number of aliphatic hydroxyl groups excluding tert-OH is 1. The molecule has 0 amide bonds. The van der Waals surface area contributed by atoms with Crippen molar-refractivity contribution in [2.45, 2.75) is 12.3 Å². The van der Waals surface area contributed by atoms with E-state index < -0.39 is 24.8 Å². The van der Waals surface area contributed by atoms with Crippen LogP contribution < -0.4 is 5.32 Å². The summed E-state index contributed by atoms with van der Waals surface area (Å²) in [7, 11) is 0. The summed E-state index contributed by atoms with van der Waals surface area (Å²) in [5, 5.41) is 19.5. The van der Waals surface area contributed by atoms with E-state index in [9.17, 15) is 18.0 Å². The molecule has 0 spiro atoms. The van der Waals surface area contributed by atoms with Gasteiger partial charge in [0.2, 0.25) is 0 Å². The number of pyridine rings is 1. The molecule has 9 heteroatoms. The highest BCUT2D eigenvalue weighted by Crippen LogP contribution is 2.21. The number of halogens is 4.